The molecule has 13 heavy (non-hydrogen) atoms. The van der Waals surface area contributed by atoms with Crippen LogP contribution < -0.4 is 0 Å². The number of hydrogen-bond acceptors (Lipinski definition) is 2. The summed E-state index contributed by atoms with van der Waals surface area (Å²) in [6.45, 7) is 2.17. The first-order valence-corrected chi connectivity index (χ1v) is 5.28. The number of nitrogens with zero attached hydrogens (tertiary/aromatic N) is 1. The van der Waals surface area contributed by atoms with Crippen molar-refractivity contribution in [2.75, 3.05) is 0 Å². The predicted molar refractivity (Wildman–Crippen MR) is 55.3 cm³/mol. The van der Waals surface area contributed by atoms with Gasteiger partial charge in [-0.3, -0.25) is 0 Å². The molecule has 0 radical (unpaired) electrons. The molecule has 0 aromatic rings. The molecule has 1 aliphatic carbocycles. The number of unbranched alkanes of at least 4 members (excludes halogenated alkanes) is 1. The molecule has 0 saturated heterocycles. The van der Waals surface area contributed by atoms with Crippen molar-refractivity contribution in [3.63, 3.8) is 0 Å². The van der Waals surface area contributed by atoms with Gasteiger partial charge in [-0.05, 0) is 37.7 Å². The number of hydrogen-bond donors (Lipinski definition) is 1. The zero-order chi connectivity index (χ0) is 9.52. The van der Waals surface area contributed by atoms with Crippen LogP contribution in [0.25, 0.3) is 0 Å². The average Bonchev–Trinajstić information content (AvgIpc) is 2.39. The number of rotatable bonds is 2. The van der Waals surface area contributed by atoms with Crippen LogP contribution in [0.5, 0.6) is 0 Å². The second-order valence-corrected chi connectivity index (χ2v) is 3.63. The molecule has 0 aliphatic heterocycles. The summed E-state index contributed by atoms with van der Waals surface area (Å²) in [6, 6.07) is 0. The van der Waals surface area contributed by atoms with Gasteiger partial charge in [0.1, 0.15) is 0 Å². The number of allylic oxidation sites excluding steroid dienone is 2. The van der Waals surface area contributed by atoms with E-state index >= 15 is 0 Å². The summed E-state index contributed by atoms with van der Waals surface area (Å²) < 4.78 is 0. The van der Waals surface area contributed by atoms with E-state index in [-0.39, 0.29) is 0 Å². The third-order valence-corrected chi connectivity index (χ3v) is 2.53. The maximum Gasteiger partial charge on any atom is 0.0824 e. The Labute approximate surface area is 80.3 Å². The molecule has 1 N–H and O–H groups in total. The van der Waals surface area contributed by atoms with Crippen molar-refractivity contribution in [1.29, 1.82) is 0 Å². The molecule has 1 fully saturated rings. The molecule has 0 bridgehead atoms. The van der Waals surface area contributed by atoms with Gasteiger partial charge in [-0.1, -0.05) is 31.0 Å². The molecule has 0 spiro atoms. The zero-order valence-electron chi connectivity index (χ0n) is 8.42. The Morgan fingerprint density at radius 2 is 2.08 bits per heavy atom. The summed E-state index contributed by atoms with van der Waals surface area (Å²) >= 11 is 0. The van der Waals surface area contributed by atoms with Crippen molar-refractivity contribution in [1.82, 2.24) is 0 Å². The van der Waals surface area contributed by atoms with E-state index in [1.54, 1.807) is 0 Å². The highest BCUT2D eigenvalue weighted by atomic mass is 16.4. The Balaban J connectivity index is 2.65. The van der Waals surface area contributed by atoms with Crippen LogP contribution in [0.3, 0.4) is 0 Å². The van der Waals surface area contributed by atoms with E-state index in [0.29, 0.717) is 0 Å². The number of oxime groups is 1. The maximum absolute atomic E-state index is 8.83. The lowest BCUT2D eigenvalue weighted by molar-refractivity contribution is 0.317. The van der Waals surface area contributed by atoms with Crippen LogP contribution >= 0.6 is 0 Å². The summed E-state index contributed by atoms with van der Waals surface area (Å²) in [5, 5.41) is 12.2. The van der Waals surface area contributed by atoms with E-state index in [2.05, 4.69) is 18.2 Å². The Hall–Kier alpha value is -0.790. The summed E-state index contributed by atoms with van der Waals surface area (Å²) in [6.07, 6.45) is 10.2. The van der Waals surface area contributed by atoms with E-state index in [1.165, 1.54) is 31.3 Å². The van der Waals surface area contributed by atoms with Crippen molar-refractivity contribution in [3.8, 4) is 0 Å². The van der Waals surface area contributed by atoms with Crippen LogP contribution in [0, 0.1) is 0 Å². The van der Waals surface area contributed by atoms with Gasteiger partial charge < -0.3 is 5.21 Å². The molecule has 0 atom stereocenters. The van der Waals surface area contributed by atoms with Gasteiger partial charge in [-0.25, -0.2) is 0 Å². The third-order valence-electron chi connectivity index (χ3n) is 2.53. The molecular formula is C11H19NO. The quantitative estimate of drug-likeness (QED) is 0.394. The van der Waals surface area contributed by atoms with Gasteiger partial charge in [0.25, 0.3) is 0 Å². The monoisotopic (exact) mass is 181 g/mol. The van der Waals surface area contributed by atoms with Crippen LogP contribution in [0.4, 0.5) is 0 Å². The van der Waals surface area contributed by atoms with E-state index in [1.807, 2.05) is 0 Å². The largest absolute Gasteiger partial charge is 0.411 e. The van der Waals surface area contributed by atoms with Crippen LogP contribution in [0.1, 0.15) is 51.9 Å². The molecule has 0 aromatic carbocycles. The molecule has 2 heteroatoms. The summed E-state index contributed by atoms with van der Waals surface area (Å²) in [5.41, 5.74) is 2.20. The Kier molecular flexibility index (Phi) is 4.58. The first-order valence-electron chi connectivity index (χ1n) is 5.28. The maximum atomic E-state index is 8.83. The lowest BCUT2D eigenvalue weighted by atomic mass is 10.0. The van der Waals surface area contributed by atoms with Gasteiger partial charge in [0, 0.05) is 0 Å². The second kappa shape index (κ2) is 5.79. The van der Waals surface area contributed by atoms with Gasteiger partial charge in [0.2, 0.25) is 0 Å². The molecule has 0 amide bonds. The van der Waals surface area contributed by atoms with Crippen LogP contribution in [-0.4, -0.2) is 10.9 Å². The molecule has 1 aliphatic rings. The van der Waals surface area contributed by atoms with Crippen molar-refractivity contribution in [2.24, 2.45) is 5.16 Å². The predicted octanol–water partition coefficient (Wildman–Crippen LogP) is 3.51. The van der Waals surface area contributed by atoms with Crippen molar-refractivity contribution < 1.29 is 5.21 Å². The highest BCUT2D eigenvalue weighted by Crippen LogP contribution is 2.20. The molecule has 2 nitrogen and oxygen atoms in total. The van der Waals surface area contributed by atoms with Crippen LogP contribution in [0.2, 0.25) is 0 Å². The Morgan fingerprint density at radius 1 is 1.31 bits per heavy atom. The van der Waals surface area contributed by atoms with E-state index in [4.69, 9.17) is 5.21 Å². The topological polar surface area (TPSA) is 32.6 Å². The molecule has 1 saturated carbocycles. The van der Waals surface area contributed by atoms with Crippen molar-refractivity contribution >= 4 is 5.71 Å². The second-order valence-electron chi connectivity index (χ2n) is 3.63. The molecular weight excluding hydrogens is 162 g/mol. The third kappa shape index (κ3) is 3.21. The molecule has 0 aromatic heterocycles. The van der Waals surface area contributed by atoms with Crippen molar-refractivity contribution in [2.45, 2.75) is 51.9 Å². The van der Waals surface area contributed by atoms with Crippen LogP contribution in [0.15, 0.2) is 16.8 Å². The van der Waals surface area contributed by atoms with Crippen molar-refractivity contribution in [3.05, 3.63) is 11.6 Å². The minimum Gasteiger partial charge on any atom is -0.411 e. The normalized spacial score (nSPS) is 25.0. The highest BCUT2D eigenvalue weighted by Gasteiger charge is 2.11. The van der Waals surface area contributed by atoms with E-state index in [9.17, 15) is 0 Å². The lowest BCUT2D eigenvalue weighted by Gasteiger charge is -2.03. The smallest absolute Gasteiger partial charge is 0.0824 e. The molecule has 1 rings (SSSR count). The summed E-state index contributed by atoms with van der Waals surface area (Å²) in [4.78, 5) is 0. The fourth-order valence-corrected chi connectivity index (χ4v) is 1.74. The fraction of sp³-hybridized carbons (Fsp3) is 0.727. The fourth-order valence-electron chi connectivity index (χ4n) is 1.74. The van der Waals surface area contributed by atoms with Gasteiger partial charge in [0.15, 0.2) is 0 Å². The highest BCUT2D eigenvalue weighted by molar-refractivity contribution is 5.99. The first-order chi connectivity index (χ1) is 6.38. The minimum atomic E-state index is 0.922. The van der Waals surface area contributed by atoms with Gasteiger partial charge in [-0.2, -0.15) is 0 Å². The zero-order valence-corrected chi connectivity index (χ0v) is 8.42. The average molecular weight is 181 g/mol. The van der Waals surface area contributed by atoms with Crippen LogP contribution in [-0.2, 0) is 0 Å². The summed E-state index contributed by atoms with van der Waals surface area (Å²) in [5.74, 6) is 0. The summed E-state index contributed by atoms with van der Waals surface area (Å²) in [7, 11) is 0. The SMILES string of the molecule is CCCC=C1CCCCCC1=NO. The van der Waals surface area contributed by atoms with E-state index < -0.39 is 0 Å². The first kappa shape index (κ1) is 10.3. The van der Waals surface area contributed by atoms with E-state index in [0.717, 1.165) is 25.0 Å². The standard InChI is InChI=1S/C11H19NO/c1-2-3-7-10-8-5-4-6-9-11(10)12-13/h7,13H,2-6,8-9H2,1H3. The Bertz CT molecular complexity index is 206. The molecule has 0 heterocycles. The van der Waals surface area contributed by atoms with Gasteiger partial charge >= 0.3 is 0 Å². The van der Waals surface area contributed by atoms with Gasteiger partial charge in [0.05, 0.1) is 5.71 Å². The Morgan fingerprint density at radius 3 is 2.77 bits per heavy atom. The lowest BCUT2D eigenvalue weighted by Crippen LogP contribution is -2.00. The molecule has 0 unspecified atom stereocenters. The molecule has 74 valence electrons. The van der Waals surface area contributed by atoms with Gasteiger partial charge in [-0.15, -0.1) is 0 Å². The minimum absolute atomic E-state index is 0.922.